The van der Waals surface area contributed by atoms with Crippen molar-refractivity contribution < 1.29 is 24.2 Å². The van der Waals surface area contributed by atoms with E-state index in [1.165, 1.54) is 0 Å². The Morgan fingerprint density at radius 2 is 2.00 bits per heavy atom. The molecule has 3 unspecified atom stereocenters. The molecule has 170 valence electrons. The number of nitrogens with zero attached hydrogens (tertiary/aromatic N) is 1. The van der Waals surface area contributed by atoms with E-state index in [9.17, 15) is 14.4 Å². The van der Waals surface area contributed by atoms with Gasteiger partial charge < -0.3 is 20.1 Å². The highest BCUT2D eigenvalue weighted by molar-refractivity contribution is 8.02. The normalized spacial score (nSPS) is 34.5. The van der Waals surface area contributed by atoms with Crippen molar-refractivity contribution in [2.45, 2.75) is 81.9 Å². The van der Waals surface area contributed by atoms with Crippen molar-refractivity contribution in [3.63, 3.8) is 0 Å². The number of carbonyl (C=O) groups excluding carboxylic acids is 3. The summed E-state index contributed by atoms with van der Waals surface area (Å²) in [5, 5.41) is 12.1. The second kappa shape index (κ2) is 9.47. The van der Waals surface area contributed by atoms with Gasteiger partial charge in [0.15, 0.2) is 0 Å². The minimum Gasteiger partial charge on any atom is -0.466 e. The number of hydrogen-bond donors (Lipinski definition) is 2. The fraction of sp³-hybridized carbons (Fsp3) is 0.864. The number of unbranched alkanes of at least 4 members (excludes halogenated alkanes) is 3. The third-order valence-electron chi connectivity index (χ3n) is 6.79. The fourth-order valence-corrected chi connectivity index (χ4v) is 8.09. The number of fused-ring (bicyclic) bond motifs is 1. The molecule has 3 saturated heterocycles. The highest BCUT2D eigenvalue weighted by Gasteiger charge is 2.76. The molecule has 3 heterocycles. The Bertz CT molecular complexity index is 672. The average molecular weight is 441 g/mol. The van der Waals surface area contributed by atoms with Crippen molar-refractivity contribution in [1.29, 1.82) is 0 Å². The van der Waals surface area contributed by atoms with Gasteiger partial charge in [-0.05, 0) is 46.0 Å². The van der Waals surface area contributed by atoms with Crippen LogP contribution in [-0.4, -0.2) is 69.6 Å². The third-order valence-corrected chi connectivity index (χ3v) is 8.87. The Balaban J connectivity index is 1.90. The van der Waals surface area contributed by atoms with Crippen molar-refractivity contribution in [2.75, 3.05) is 19.8 Å². The quantitative estimate of drug-likeness (QED) is 0.398. The Morgan fingerprint density at radius 1 is 1.30 bits per heavy atom. The molecule has 2 N–H and O–H groups in total. The Kier molecular flexibility index (Phi) is 7.38. The first-order valence-electron chi connectivity index (χ1n) is 11.4. The zero-order valence-corrected chi connectivity index (χ0v) is 19.4. The van der Waals surface area contributed by atoms with E-state index in [1.54, 1.807) is 23.6 Å². The van der Waals surface area contributed by atoms with Gasteiger partial charge in [0.25, 0.3) is 0 Å². The molecule has 6 atom stereocenters. The van der Waals surface area contributed by atoms with E-state index in [2.05, 4.69) is 12.2 Å². The Labute approximate surface area is 183 Å². The van der Waals surface area contributed by atoms with Gasteiger partial charge in [0.2, 0.25) is 11.8 Å². The number of carbonyl (C=O) groups is 3. The molecule has 0 aromatic carbocycles. The number of aliphatic hydroxyl groups is 1. The van der Waals surface area contributed by atoms with Crippen LogP contribution < -0.4 is 5.32 Å². The molecule has 2 bridgehead atoms. The number of rotatable bonds is 10. The van der Waals surface area contributed by atoms with E-state index >= 15 is 0 Å². The molecular formula is C22H36N2O5S. The third kappa shape index (κ3) is 3.85. The van der Waals surface area contributed by atoms with Crippen LogP contribution in [0.5, 0.6) is 0 Å². The largest absolute Gasteiger partial charge is 0.466 e. The molecule has 2 amide bonds. The number of esters is 1. The summed E-state index contributed by atoms with van der Waals surface area (Å²) in [7, 11) is 0. The van der Waals surface area contributed by atoms with Gasteiger partial charge in [0, 0.05) is 24.4 Å². The van der Waals surface area contributed by atoms with E-state index in [4.69, 9.17) is 9.84 Å². The Morgan fingerprint density at radius 3 is 2.63 bits per heavy atom. The van der Waals surface area contributed by atoms with Gasteiger partial charge >= 0.3 is 5.97 Å². The van der Waals surface area contributed by atoms with Crippen LogP contribution in [-0.2, 0) is 19.1 Å². The van der Waals surface area contributed by atoms with Gasteiger partial charge in [-0.15, -0.1) is 11.8 Å². The van der Waals surface area contributed by atoms with Crippen molar-refractivity contribution in [2.24, 2.45) is 17.8 Å². The van der Waals surface area contributed by atoms with Crippen LogP contribution in [0.25, 0.3) is 0 Å². The van der Waals surface area contributed by atoms with Crippen LogP contribution in [0.15, 0.2) is 0 Å². The van der Waals surface area contributed by atoms with Crippen LogP contribution >= 0.6 is 11.8 Å². The van der Waals surface area contributed by atoms with Crippen LogP contribution in [0.2, 0.25) is 0 Å². The van der Waals surface area contributed by atoms with Gasteiger partial charge in [0.05, 0.1) is 23.2 Å². The van der Waals surface area contributed by atoms with E-state index in [1.807, 2.05) is 13.8 Å². The number of aliphatic hydroxyl groups excluding tert-OH is 1. The maximum absolute atomic E-state index is 13.6. The Hall–Kier alpha value is -1.28. The summed E-state index contributed by atoms with van der Waals surface area (Å²) >= 11 is 1.68. The van der Waals surface area contributed by atoms with Gasteiger partial charge in [-0.2, -0.15) is 0 Å². The highest BCUT2D eigenvalue weighted by Crippen LogP contribution is 2.68. The molecule has 0 aliphatic carbocycles. The van der Waals surface area contributed by atoms with Crippen molar-refractivity contribution >= 4 is 29.5 Å². The molecule has 0 aromatic heterocycles. The molecule has 0 radical (unpaired) electrons. The monoisotopic (exact) mass is 440 g/mol. The first kappa shape index (κ1) is 23.4. The second-order valence-corrected chi connectivity index (χ2v) is 10.7. The first-order chi connectivity index (χ1) is 14.3. The summed E-state index contributed by atoms with van der Waals surface area (Å²) < 4.78 is 4.77. The lowest BCUT2D eigenvalue weighted by molar-refractivity contribution is -0.154. The molecule has 0 aromatic rings. The maximum atomic E-state index is 13.6. The number of amides is 2. The van der Waals surface area contributed by atoms with Gasteiger partial charge in [-0.25, -0.2) is 0 Å². The lowest BCUT2D eigenvalue weighted by Crippen LogP contribution is -2.57. The summed E-state index contributed by atoms with van der Waals surface area (Å²) in [5.41, 5.74) is 0. The fourth-order valence-electron chi connectivity index (χ4n) is 5.68. The minimum atomic E-state index is -0.566. The van der Waals surface area contributed by atoms with Crippen LogP contribution in [0.3, 0.4) is 0 Å². The summed E-state index contributed by atoms with van der Waals surface area (Å²) in [4.78, 5) is 41.5. The second-order valence-electron chi connectivity index (χ2n) is 9.14. The number of likely N-dealkylation sites (tertiary alicyclic amines) is 1. The molecule has 3 aliphatic rings. The number of hydrogen-bond acceptors (Lipinski definition) is 6. The van der Waals surface area contributed by atoms with E-state index < -0.39 is 22.6 Å². The predicted octanol–water partition coefficient (Wildman–Crippen LogP) is 1.96. The summed E-state index contributed by atoms with van der Waals surface area (Å²) in [6.45, 7) is 8.72. The lowest BCUT2D eigenvalue weighted by Gasteiger charge is -2.38. The maximum Gasteiger partial charge on any atom is 0.310 e. The standard InChI is InChI=1S/C22H36N2O5S/c1-5-29-21(28)16-15-12-14(4)22(30-15)17(16)20(27)24(10-8-6-7-9-11-25)18(22)19(26)23-13(2)3/h13-18,25H,5-12H2,1-4H3,(H,23,26)/t14?,15-,16+,17-,18?,22?/m0/s1. The first-order valence-corrected chi connectivity index (χ1v) is 12.2. The number of thioether (sulfide) groups is 1. The van der Waals surface area contributed by atoms with Crippen molar-refractivity contribution in [1.82, 2.24) is 10.2 Å². The minimum absolute atomic E-state index is 0.0192. The smallest absolute Gasteiger partial charge is 0.310 e. The van der Waals surface area contributed by atoms with E-state index in [0.29, 0.717) is 13.2 Å². The molecule has 3 fully saturated rings. The SMILES string of the molecule is CCOC(=O)[C@@H]1[C@@H]2CC(C)C3(S2)C(C(=O)NC(C)C)N(CCCCCCO)C(=O)[C@H]13. The summed E-state index contributed by atoms with van der Waals surface area (Å²) in [5.74, 6) is -1.26. The molecule has 3 aliphatic heterocycles. The summed E-state index contributed by atoms with van der Waals surface area (Å²) in [6, 6.07) is -0.575. The van der Waals surface area contributed by atoms with Gasteiger partial charge in [-0.3, -0.25) is 14.4 Å². The summed E-state index contributed by atoms with van der Waals surface area (Å²) in [6.07, 6.45) is 4.15. The average Bonchev–Trinajstić information content (AvgIpc) is 3.25. The van der Waals surface area contributed by atoms with Crippen LogP contribution in [0, 0.1) is 17.8 Å². The number of nitrogens with one attached hydrogen (secondary N) is 1. The molecule has 1 spiro atoms. The van der Waals surface area contributed by atoms with Gasteiger partial charge in [0.1, 0.15) is 6.04 Å². The van der Waals surface area contributed by atoms with Crippen molar-refractivity contribution in [3.8, 4) is 0 Å². The van der Waals surface area contributed by atoms with Gasteiger partial charge in [-0.1, -0.05) is 19.8 Å². The molecule has 0 saturated carbocycles. The number of ether oxygens (including phenoxy) is 1. The molecular weight excluding hydrogens is 404 g/mol. The van der Waals surface area contributed by atoms with Crippen molar-refractivity contribution in [3.05, 3.63) is 0 Å². The molecule has 3 rings (SSSR count). The topological polar surface area (TPSA) is 95.9 Å². The lowest BCUT2D eigenvalue weighted by atomic mass is 9.66. The van der Waals surface area contributed by atoms with E-state index in [-0.39, 0.29) is 41.6 Å². The highest BCUT2D eigenvalue weighted by atomic mass is 32.2. The van der Waals surface area contributed by atoms with Crippen LogP contribution in [0.4, 0.5) is 0 Å². The molecule has 7 nitrogen and oxygen atoms in total. The zero-order chi connectivity index (χ0) is 22.1. The van der Waals surface area contributed by atoms with Crippen LogP contribution in [0.1, 0.15) is 59.8 Å². The van der Waals surface area contributed by atoms with E-state index in [0.717, 1.165) is 32.1 Å². The predicted molar refractivity (Wildman–Crippen MR) is 116 cm³/mol. The zero-order valence-electron chi connectivity index (χ0n) is 18.6. The molecule has 30 heavy (non-hydrogen) atoms. The molecule has 8 heteroatoms.